The Hall–Kier alpha value is -1.76. The number of hydrogen-bond donors (Lipinski definition) is 0. The molecule has 1 aliphatic rings. The fraction of sp³-hybridized carbons (Fsp3) is 0.200. The van der Waals surface area contributed by atoms with Crippen LogP contribution in [0.1, 0.15) is 18.9 Å². The number of benzene rings is 1. The SMILES string of the molecule is C/C1=C\C=C/C=COc2ccccc2CC1. The van der Waals surface area contributed by atoms with Gasteiger partial charge in [-0.3, -0.25) is 0 Å². The Morgan fingerprint density at radius 2 is 1.88 bits per heavy atom. The molecule has 0 fully saturated rings. The van der Waals surface area contributed by atoms with Crippen LogP contribution in [0, 0.1) is 0 Å². The van der Waals surface area contributed by atoms with Gasteiger partial charge in [-0.2, -0.15) is 0 Å². The summed E-state index contributed by atoms with van der Waals surface area (Å²) in [6.07, 6.45) is 11.9. The molecule has 0 amide bonds. The Kier molecular flexibility index (Phi) is 3.60. The van der Waals surface area contributed by atoms with Crippen molar-refractivity contribution in [3.05, 3.63) is 66.0 Å². The molecule has 1 nitrogen and oxygen atoms in total. The van der Waals surface area contributed by atoms with Crippen molar-refractivity contribution in [3.63, 3.8) is 0 Å². The van der Waals surface area contributed by atoms with Crippen molar-refractivity contribution in [1.82, 2.24) is 0 Å². The summed E-state index contributed by atoms with van der Waals surface area (Å²) in [7, 11) is 0. The molecule has 0 saturated carbocycles. The topological polar surface area (TPSA) is 9.23 Å². The maximum atomic E-state index is 5.60. The summed E-state index contributed by atoms with van der Waals surface area (Å²) in [5, 5.41) is 0. The van der Waals surface area contributed by atoms with Crippen LogP contribution in [0.15, 0.2) is 60.4 Å². The molecule has 0 N–H and O–H groups in total. The molecule has 0 aromatic heterocycles. The summed E-state index contributed by atoms with van der Waals surface area (Å²) in [5.74, 6) is 0.960. The van der Waals surface area contributed by atoms with Crippen LogP contribution in [0.3, 0.4) is 0 Å². The smallest absolute Gasteiger partial charge is 0.129 e. The molecule has 0 spiro atoms. The van der Waals surface area contributed by atoms with E-state index in [1.165, 1.54) is 11.1 Å². The van der Waals surface area contributed by atoms with E-state index >= 15 is 0 Å². The molecular formula is C15H16O. The zero-order chi connectivity index (χ0) is 11.2. The van der Waals surface area contributed by atoms with Gasteiger partial charge in [0.2, 0.25) is 0 Å². The van der Waals surface area contributed by atoms with Crippen molar-refractivity contribution >= 4 is 0 Å². The first-order valence-corrected chi connectivity index (χ1v) is 5.60. The molecule has 0 atom stereocenters. The maximum Gasteiger partial charge on any atom is 0.129 e. The molecule has 2 rings (SSSR count). The molecule has 0 unspecified atom stereocenters. The first kappa shape index (κ1) is 10.7. The lowest BCUT2D eigenvalue weighted by atomic mass is 10.0. The van der Waals surface area contributed by atoms with Gasteiger partial charge in [0.25, 0.3) is 0 Å². The minimum Gasteiger partial charge on any atom is -0.465 e. The normalized spacial score (nSPS) is 20.9. The number of aryl methyl sites for hydroxylation is 1. The summed E-state index contributed by atoms with van der Waals surface area (Å²) >= 11 is 0. The lowest BCUT2D eigenvalue weighted by Crippen LogP contribution is -1.91. The number of hydrogen-bond acceptors (Lipinski definition) is 1. The molecule has 16 heavy (non-hydrogen) atoms. The number of para-hydroxylation sites is 1. The van der Waals surface area contributed by atoms with Gasteiger partial charge in [0.1, 0.15) is 5.75 Å². The van der Waals surface area contributed by atoms with Gasteiger partial charge in [-0.05, 0) is 37.5 Å². The summed E-state index contributed by atoms with van der Waals surface area (Å²) in [6.45, 7) is 2.16. The van der Waals surface area contributed by atoms with Crippen LogP contribution in [0.5, 0.6) is 5.75 Å². The Morgan fingerprint density at radius 1 is 1.00 bits per heavy atom. The van der Waals surface area contributed by atoms with Crippen molar-refractivity contribution < 1.29 is 4.74 Å². The van der Waals surface area contributed by atoms with Gasteiger partial charge < -0.3 is 4.74 Å². The van der Waals surface area contributed by atoms with E-state index in [2.05, 4.69) is 25.1 Å². The van der Waals surface area contributed by atoms with E-state index in [4.69, 9.17) is 4.74 Å². The highest BCUT2D eigenvalue weighted by Gasteiger charge is 2.02. The zero-order valence-corrected chi connectivity index (χ0v) is 9.52. The van der Waals surface area contributed by atoms with Crippen molar-refractivity contribution in [2.75, 3.05) is 0 Å². The minimum atomic E-state index is 0.960. The fourth-order valence-corrected chi connectivity index (χ4v) is 1.68. The highest BCUT2D eigenvalue weighted by atomic mass is 16.5. The molecule has 1 aromatic rings. The molecule has 1 aliphatic heterocycles. The maximum absolute atomic E-state index is 5.60. The van der Waals surface area contributed by atoms with Crippen LogP contribution in [-0.2, 0) is 6.42 Å². The van der Waals surface area contributed by atoms with Crippen molar-refractivity contribution in [2.24, 2.45) is 0 Å². The number of allylic oxidation sites excluding steroid dienone is 5. The first-order valence-electron chi connectivity index (χ1n) is 5.60. The van der Waals surface area contributed by atoms with Crippen LogP contribution in [0.25, 0.3) is 0 Å². The molecule has 0 bridgehead atoms. The van der Waals surface area contributed by atoms with E-state index in [9.17, 15) is 0 Å². The third kappa shape index (κ3) is 2.86. The zero-order valence-electron chi connectivity index (χ0n) is 9.52. The summed E-state index contributed by atoms with van der Waals surface area (Å²) in [6, 6.07) is 8.20. The number of fused-ring (bicyclic) bond motifs is 1. The van der Waals surface area contributed by atoms with Crippen LogP contribution >= 0.6 is 0 Å². The van der Waals surface area contributed by atoms with Gasteiger partial charge in [0.05, 0.1) is 6.26 Å². The average Bonchev–Trinajstić information content (AvgIpc) is 2.35. The minimum absolute atomic E-state index is 0.960. The third-order valence-corrected chi connectivity index (χ3v) is 2.64. The second-order valence-electron chi connectivity index (χ2n) is 3.95. The predicted molar refractivity (Wildman–Crippen MR) is 67.4 cm³/mol. The van der Waals surface area contributed by atoms with Crippen LogP contribution in [-0.4, -0.2) is 0 Å². The van der Waals surface area contributed by atoms with Gasteiger partial charge in [-0.1, -0.05) is 42.0 Å². The molecule has 0 radical (unpaired) electrons. The van der Waals surface area contributed by atoms with Crippen LogP contribution < -0.4 is 4.74 Å². The molecule has 0 saturated heterocycles. The van der Waals surface area contributed by atoms with Gasteiger partial charge in [-0.15, -0.1) is 0 Å². The van der Waals surface area contributed by atoms with E-state index in [1.807, 2.05) is 30.4 Å². The quantitative estimate of drug-likeness (QED) is 0.631. The Morgan fingerprint density at radius 3 is 2.81 bits per heavy atom. The third-order valence-electron chi connectivity index (χ3n) is 2.64. The van der Waals surface area contributed by atoms with Crippen molar-refractivity contribution in [3.8, 4) is 5.75 Å². The summed E-state index contributed by atoms with van der Waals surface area (Å²) in [5.41, 5.74) is 2.66. The highest BCUT2D eigenvalue weighted by molar-refractivity contribution is 5.35. The number of ether oxygens (including phenoxy) is 1. The molecule has 1 heterocycles. The predicted octanol–water partition coefficient (Wildman–Crippen LogP) is 4.03. The van der Waals surface area contributed by atoms with Crippen LogP contribution in [0.2, 0.25) is 0 Å². The van der Waals surface area contributed by atoms with Gasteiger partial charge >= 0.3 is 0 Å². The Labute approximate surface area is 96.8 Å². The lowest BCUT2D eigenvalue weighted by molar-refractivity contribution is 0.474. The molecule has 82 valence electrons. The van der Waals surface area contributed by atoms with E-state index < -0.39 is 0 Å². The number of rotatable bonds is 0. The Balaban J connectivity index is 2.28. The standard InChI is InChI=1S/C15H16O/c1-13-7-3-2-6-12-16-15-9-5-4-8-14(15)11-10-13/h2-9,12H,10-11H2,1H3/b3-2-,12-6?,13-7+. The monoisotopic (exact) mass is 212 g/mol. The van der Waals surface area contributed by atoms with Gasteiger partial charge in [0.15, 0.2) is 0 Å². The van der Waals surface area contributed by atoms with E-state index in [-0.39, 0.29) is 0 Å². The average molecular weight is 212 g/mol. The van der Waals surface area contributed by atoms with Crippen molar-refractivity contribution in [1.29, 1.82) is 0 Å². The highest BCUT2D eigenvalue weighted by Crippen LogP contribution is 2.21. The second-order valence-corrected chi connectivity index (χ2v) is 3.95. The molecule has 0 aliphatic carbocycles. The van der Waals surface area contributed by atoms with E-state index in [0.717, 1.165) is 18.6 Å². The Bertz CT molecular complexity index is 439. The van der Waals surface area contributed by atoms with Gasteiger partial charge in [-0.25, -0.2) is 0 Å². The van der Waals surface area contributed by atoms with E-state index in [0.29, 0.717) is 0 Å². The first-order chi connectivity index (χ1) is 7.86. The molecular weight excluding hydrogens is 196 g/mol. The van der Waals surface area contributed by atoms with E-state index in [1.54, 1.807) is 6.26 Å². The summed E-state index contributed by atoms with van der Waals surface area (Å²) in [4.78, 5) is 0. The second kappa shape index (κ2) is 5.36. The fourth-order valence-electron chi connectivity index (χ4n) is 1.68. The van der Waals surface area contributed by atoms with Crippen LogP contribution in [0.4, 0.5) is 0 Å². The lowest BCUT2D eigenvalue weighted by Gasteiger charge is -2.07. The molecule has 1 heteroatoms. The molecule has 1 aromatic carbocycles. The summed E-state index contributed by atoms with van der Waals surface area (Å²) < 4.78 is 5.60. The van der Waals surface area contributed by atoms with Gasteiger partial charge in [0, 0.05) is 0 Å². The largest absolute Gasteiger partial charge is 0.465 e. The van der Waals surface area contributed by atoms with Crippen molar-refractivity contribution in [2.45, 2.75) is 19.8 Å².